The number of halogens is 3. The molecule has 3 aliphatic rings. The maximum absolute atomic E-state index is 12.6. The zero-order valence-electron chi connectivity index (χ0n) is 22.9. The molecule has 0 radical (unpaired) electrons. The third-order valence-corrected chi connectivity index (χ3v) is 8.22. The second kappa shape index (κ2) is 11.0. The van der Waals surface area contributed by atoms with E-state index < -0.39 is 6.36 Å². The topological polar surface area (TPSA) is 98.1 Å². The molecule has 2 aliphatic heterocycles. The van der Waals surface area contributed by atoms with Crippen LogP contribution in [0.15, 0.2) is 34.9 Å². The summed E-state index contributed by atoms with van der Waals surface area (Å²) in [6.07, 6.45) is -0.360. The first-order valence-electron chi connectivity index (χ1n) is 14.0. The van der Waals surface area contributed by atoms with Crippen molar-refractivity contribution in [3.63, 3.8) is 0 Å². The number of nitrogens with zero attached hydrogens (tertiary/aromatic N) is 2. The molecule has 6 rings (SSSR count). The van der Waals surface area contributed by atoms with Gasteiger partial charge in [0.15, 0.2) is 22.9 Å². The van der Waals surface area contributed by atoms with Crippen LogP contribution in [0.4, 0.5) is 19.0 Å². The summed E-state index contributed by atoms with van der Waals surface area (Å²) in [6, 6.07) is 8.55. The maximum atomic E-state index is 12.6. The van der Waals surface area contributed by atoms with Crippen LogP contribution in [-0.2, 0) is 4.79 Å². The average Bonchev–Trinajstić information content (AvgIpc) is 3.54. The monoisotopic (exact) mass is 574 g/mol. The molecule has 220 valence electrons. The Kier molecular flexibility index (Phi) is 7.35. The van der Waals surface area contributed by atoms with Crippen molar-refractivity contribution in [1.29, 1.82) is 0 Å². The molecule has 0 bridgehead atoms. The normalized spacial score (nSPS) is 21.2. The lowest BCUT2D eigenvalue weighted by atomic mass is 9.77. The number of anilines is 1. The van der Waals surface area contributed by atoms with Crippen LogP contribution in [-0.4, -0.2) is 60.8 Å². The van der Waals surface area contributed by atoms with Crippen molar-refractivity contribution in [1.82, 2.24) is 15.4 Å². The van der Waals surface area contributed by atoms with E-state index in [0.717, 1.165) is 56.3 Å². The fourth-order valence-electron chi connectivity index (χ4n) is 6.17. The van der Waals surface area contributed by atoms with E-state index in [2.05, 4.69) is 51.4 Å². The highest BCUT2D eigenvalue weighted by Crippen LogP contribution is 2.44. The van der Waals surface area contributed by atoms with E-state index in [0.29, 0.717) is 23.3 Å². The Balaban J connectivity index is 0.962. The van der Waals surface area contributed by atoms with Crippen molar-refractivity contribution < 1.29 is 36.7 Å². The summed E-state index contributed by atoms with van der Waals surface area (Å²) in [6.45, 7) is 6.23. The summed E-state index contributed by atoms with van der Waals surface area (Å²) >= 11 is 0. The van der Waals surface area contributed by atoms with Crippen LogP contribution in [0.25, 0.3) is 11.0 Å². The molecule has 0 atom stereocenters. The van der Waals surface area contributed by atoms with Crippen LogP contribution in [0.2, 0.25) is 0 Å². The third kappa shape index (κ3) is 6.02. The first kappa shape index (κ1) is 27.5. The fraction of sp³-hybridized carbons (Fsp3) is 0.517. The van der Waals surface area contributed by atoms with E-state index in [1.165, 1.54) is 23.3 Å². The lowest BCUT2D eigenvalue weighted by Gasteiger charge is -2.47. The quantitative estimate of drug-likeness (QED) is 0.363. The number of benzene rings is 2. The molecule has 1 saturated carbocycles. The first-order chi connectivity index (χ1) is 19.6. The Morgan fingerprint density at radius 2 is 1.83 bits per heavy atom. The van der Waals surface area contributed by atoms with E-state index in [1.807, 2.05) is 0 Å². The van der Waals surface area contributed by atoms with Gasteiger partial charge in [-0.25, -0.2) is 0 Å². The predicted octanol–water partition coefficient (Wildman–Crippen LogP) is 5.52. The van der Waals surface area contributed by atoms with Crippen molar-refractivity contribution >= 4 is 22.7 Å². The molecule has 2 aromatic carbocycles. The number of fused-ring (bicyclic) bond motifs is 2. The lowest BCUT2D eigenvalue weighted by Crippen LogP contribution is -2.63. The number of ether oxygens (including phenoxy) is 3. The van der Waals surface area contributed by atoms with Crippen molar-refractivity contribution in [2.45, 2.75) is 69.8 Å². The average molecular weight is 575 g/mol. The molecule has 1 saturated heterocycles. The number of hydrogen-bond donors (Lipinski definition) is 2. The van der Waals surface area contributed by atoms with Gasteiger partial charge < -0.3 is 29.4 Å². The Morgan fingerprint density at radius 3 is 2.54 bits per heavy atom. The Hall–Kier alpha value is -3.67. The van der Waals surface area contributed by atoms with E-state index in [-0.39, 0.29) is 42.4 Å². The predicted molar refractivity (Wildman–Crippen MR) is 144 cm³/mol. The summed E-state index contributed by atoms with van der Waals surface area (Å²) in [5.41, 5.74) is 3.01. The van der Waals surface area contributed by atoms with E-state index in [1.54, 1.807) is 0 Å². The standard InChI is InChI=1S/C29H33F3N4O5/c1-16(2)21-10-25-26(39-15-38-25)11-22(21)17-3-5-19(6-4-17)36-13-18(14-36)34-27(37)12-33-28-23-9-20(40-29(30,31)32)7-8-24(23)41-35-28/h7-11,16-19H,3-6,12-15H2,1-2H3,(H,33,35)(H,34,37). The zero-order valence-corrected chi connectivity index (χ0v) is 22.9. The zero-order chi connectivity index (χ0) is 28.7. The molecule has 12 heteroatoms. The highest BCUT2D eigenvalue weighted by Gasteiger charge is 2.36. The molecular formula is C29H33F3N4O5. The number of hydrogen-bond acceptors (Lipinski definition) is 8. The number of aromatic nitrogens is 1. The van der Waals surface area contributed by atoms with Crippen molar-refractivity contribution in [2.75, 3.05) is 31.7 Å². The molecule has 41 heavy (non-hydrogen) atoms. The summed E-state index contributed by atoms with van der Waals surface area (Å²) in [4.78, 5) is 15.0. The molecule has 2 N–H and O–H groups in total. The van der Waals surface area contributed by atoms with Gasteiger partial charge in [-0.15, -0.1) is 13.2 Å². The molecular weight excluding hydrogens is 541 g/mol. The molecule has 1 aromatic heterocycles. The first-order valence-corrected chi connectivity index (χ1v) is 14.0. The highest BCUT2D eigenvalue weighted by molar-refractivity contribution is 5.91. The van der Waals surface area contributed by atoms with E-state index in [9.17, 15) is 18.0 Å². The Morgan fingerprint density at radius 1 is 1.10 bits per heavy atom. The third-order valence-electron chi connectivity index (χ3n) is 8.22. The van der Waals surface area contributed by atoms with Crippen LogP contribution in [0.5, 0.6) is 17.2 Å². The Bertz CT molecular complexity index is 1410. The van der Waals surface area contributed by atoms with E-state index in [4.69, 9.17) is 14.0 Å². The number of carbonyl (C=O) groups excluding carboxylic acids is 1. The summed E-state index contributed by atoms with van der Waals surface area (Å²) in [7, 11) is 0. The minimum Gasteiger partial charge on any atom is -0.454 e. The number of carbonyl (C=O) groups is 1. The van der Waals surface area contributed by atoms with Crippen LogP contribution in [0.1, 0.15) is 62.5 Å². The summed E-state index contributed by atoms with van der Waals surface area (Å²) < 4.78 is 58.0. The smallest absolute Gasteiger partial charge is 0.454 e. The lowest BCUT2D eigenvalue weighted by molar-refractivity contribution is -0.274. The number of likely N-dealkylation sites (tertiary alicyclic amines) is 1. The minimum atomic E-state index is -4.81. The van der Waals surface area contributed by atoms with Crippen LogP contribution in [0.3, 0.4) is 0 Å². The van der Waals surface area contributed by atoms with Gasteiger partial charge in [0.1, 0.15) is 5.75 Å². The van der Waals surface area contributed by atoms with Gasteiger partial charge in [-0.1, -0.05) is 19.0 Å². The van der Waals surface area contributed by atoms with Gasteiger partial charge in [-0.3, -0.25) is 9.69 Å². The molecule has 3 heterocycles. The van der Waals surface area contributed by atoms with Crippen molar-refractivity contribution in [2.24, 2.45) is 0 Å². The number of amides is 1. The molecule has 0 unspecified atom stereocenters. The maximum Gasteiger partial charge on any atom is 0.573 e. The van der Waals surface area contributed by atoms with Crippen LogP contribution in [0, 0.1) is 0 Å². The van der Waals surface area contributed by atoms with Gasteiger partial charge in [0.2, 0.25) is 12.7 Å². The molecule has 2 fully saturated rings. The van der Waals surface area contributed by atoms with Crippen LogP contribution < -0.4 is 24.8 Å². The summed E-state index contributed by atoms with van der Waals surface area (Å²) in [5.74, 6) is 2.17. The second-order valence-corrected chi connectivity index (χ2v) is 11.3. The number of rotatable bonds is 8. The Labute approximate surface area is 235 Å². The van der Waals surface area contributed by atoms with Gasteiger partial charge in [0, 0.05) is 19.1 Å². The van der Waals surface area contributed by atoms with E-state index >= 15 is 0 Å². The highest BCUT2D eigenvalue weighted by atomic mass is 19.4. The molecule has 1 aliphatic carbocycles. The van der Waals surface area contributed by atoms with Gasteiger partial charge in [-0.05, 0) is 79.0 Å². The molecule has 0 spiro atoms. The van der Waals surface area contributed by atoms with Crippen LogP contribution >= 0.6 is 0 Å². The molecule has 1 amide bonds. The van der Waals surface area contributed by atoms with Crippen molar-refractivity contribution in [3.05, 3.63) is 41.5 Å². The largest absolute Gasteiger partial charge is 0.573 e. The molecule has 9 nitrogen and oxygen atoms in total. The van der Waals surface area contributed by atoms with Crippen molar-refractivity contribution in [3.8, 4) is 17.2 Å². The van der Waals surface area contributed by atoms with Gasteiger partial charge in [0.25, 0.3) is 0 Å². The summed E-state index contributed by atoms with van der Waals surface area (Å²) in [5, 5.41) is 9.99. The number of alkyl halides is 3. The number of nitrogens with one attached hydrogen (secondary N) is 2. The minimum absolute atomic E-state index is 0.0595. The van der Waals surface area contributed by atoms with Gasteiger partial charge in [0.05, 0.1) is 18.0 Å². The van der Waals surface area contributed by atoms with Gasteiger partial charge in [-0.2, -0.15) is 0 Å². The SMILES string of the molecule is CC(C)c1cc2c(cc1C1CCC(N3CC(NC(=O)CNc4noc5ccc(OC(F)(F)F)cc45)C3)CC1)OCO2. The molecule has 3 aromatic rings. The van der Waals surface area contributed by atoms with Gasteiger partial charge >= 0.3 is 6.36 Å². The fourth-order valence-corrected chi connectivity index (χ4v) is 6.17. The second-order valence-electron chi connectivity index (χ2n) is 11.3.